The van der Waals surface area contributed by atoms with Gasteiger partial charge < -0.3 is 10.5 Å². The van der Waals surface area contributed by atoms with E-state index >= 15 is 0 Å². The molecule has 0 spiro atoms. The van der Waals surface area contributed by atoms with Gasteiger partial charge in [-0.1, -0.05) is 6.07 Å². The van der Waals surface area contributed by atoms with Crippen molar-refractivity contribution in [2.75, 3.05) is 24.4 Å². The van der Waals surface area contributed by atoms with Crippen molar-refractivity contribution in [2.45, 2.75) is 25.1 Å². The molecule has 2 unspecified atom stereocenters. The second-order valence-electron chi connectivity index (χ2n) is 4.69. The van der Waals surface area contributed by atoms with Crippen LogP contribution in [0.25, 0.3) is 0 Å². The van der Waals surface area contributed by atoms with Gasteiger partial charge in [-0.2, -0.15) is 23.5 Å². The largest absolute Gasteiger partial charge is 0.496 e. The zero-order chi connectivity index (χ0) is 13.1. The van der Waals surface area contributed by atoms with E-state index in [0.717, 1.165) is 11.5 Å². The lowest BCUT2D eigenvalue weighted by molar-refractivity contribution is 0.411. The van der Waals surface area contributed by atoms with E-state index in [-0.39, 0.29) is 6.04 Å². The first-order chi connectivity index (χ1) is 8.63. The fourth-order valence-corrected chi connectivity index (χ4v) is 5.10. The summed E-state index contributed by atoms with van der Waals surface area (Å²) in [6, 6.07) is 4.43. The predicted octanol–water partition coefficient (Wildman–Crippen LogP) is 3.16. The summed E-state index contributed by atoms with van der Waals surface area (Å²) in [6.45, 7) is 4.20. The van der Waals surface area contributed by atoms with Gasteiger partial charge in [-0.3, -0.25) is 0 Å². The molecule has 4 heteroatoms. The fourth-order valence-electron chi connectivity index (χ4n) is 2.30. The Bertz CT molecular complexity index is 417. The molecular formula is C14H21NOS2. The Morgan fingerprint density at radius 3 is 2.67 bits per heavy atom. The van der Waals surface area contributed by atoms with Crippen LogP contribution in [0.4, 0.5) is 0 Å². The first-order valence-electron chi connectivity index (χ1n) is 6.23. The quantitative estimate of drug-likeness (QED) is 0.924. The Labute approximate surface area is 118 Å². The average molecular weight is 283 g/mol. The van der Waals surface area contributed by atoms with Gasteiger partial charge in [-0.25, -0.2) is 0 Å². The Morgan fingerprint density at radius 1 is 1.28 bits per heavy atom. The molecule has 1 aliphatic rings. The minimum atomic E-state index is 0.132. The summed E-state index contributed by atoms with van der Waals surface area (Å²) in [6.07, 6.45) is 0. The number of methoxy groups -OCH3 is 1. The van der Waals surface area contributed by atoms with Gasteiger partial charge in [0.1, 0.15) is 5.75 Å². The van der Waals surface area contributed by atoms with Gasteiger partial charge in [0.25, 0.3) is 0 Å². The highest BCUT2D eigenvalue weighted by Crippen LogP contribution is 2.35. The lowest BCUT2D eigenvalue weighted by atomic mass is 9.97. The standard InChI is InChI=1S/C14H21NOS2/c1-9-7-12(16-3)10(2)6-11(9)14(15)13-8-17-4-5-18-13/h6-7,13-14H,4-5,8,15H2,1-3H3. The average Bonchev–Trinajstić information content (AvgIpc) is 2.41. The van der Waals surface area contributed by atoms with Gasteiger partial charge in [-0.15, -0.1) is 0 Å². The van der Waals surface area contributed by atoms with Crippen LogP contribution in [0.2, 0.25) is 0 Å². The molecule has 18 heavy (non-hydrogen) atoms. The van der Waals surface area contributed by atoms with Crippen LogP contribution in [-0.2, 0) is 0 Å². The van der Waals surface area contributed by atoms with E-state index in [0.29, 0.717) is 5.25 Å². The molecule has 1 heterocycles. The highest BCUT2D eigenvalue weighted by Gasteiger charge is 2.24. The molecule has 1 aromatic rings. The maximum atomic E-state index is 6.46. The number of rotatable bonds is 3. The first-order valence-corrected chi connectivity index (χ1v) is 8.44. The number of hydrogen-bond donors (Lipinski definition) is 1. The third-order valence-corrected chi connectivity index (χ3v) is 6.27. The van der Waals surface area contributed by atoms with Crippen LogP contribution in [-0.4, -0.2) is 29.6 Å². The Balaban J connectivity index is 2.23. The predicted molar refractivity (Wildman–Crippen MR) is 83.0 cm³/mol. The molecule has 0 radical (unpaired) electrons. The molecule has 0 aliphatic carbocycles. The van der Waals surface area contributed by atoms with Crippen molar-refractivity contribution < 1.29 is 4.74 Å². The maximum absolute atomic E-state index is 6.46. The first kappa shape index (κ1) is 14.1. The second-order valence-corrected chi connectivity index (χ2v) is 7.19. The molecule has 0 bridgehead atoms. The normalized spacial score (nSPS) is 21.7. The topological polar surface area (TPSA) is 35.2 Å². The third-order valence-electron chi connectivity index (χ3n) is 3.38. The zero-order valence-electron chi connectivity index (χ0n) is 11.2. The van der Waals surface area contributed by atoms with E-state index in [4.69, 9.17) is 10.5 Å². The van der Waals surface area contributed by atoms with Crippen molar-refractivity contribution in [3.05, 3.63) is 28.8 Å². The van der Waals surface area contributed by atoms with Crippen LogP contribution in [0.5, 0.6) is 5.75 Å². The van der Waals surface area contributed by atoms with Crippen LogP contribution in [0, 0.1) is 13.8 Å². The number of ether oxygens (including phenoxy) is 1. The Hall–Kier alpha value is -0.320. The van der Waals surface area contributed by atoms with E-state index in [1.165, 1.54) is 28.2 Å². The van der Waals surface area contributed by atoms with Gasteiger partial charge in [0.05, 0.1) is 7.11 Å². The molecule has 2 rings (SSSR count). The van der Waals surface area contributed by atoms with Crippen LogP contribution in [0.1, 0.15) is 22.7 Å². The summed E-state index contributed by atoms with van der Waals surface area (Å²) >= 11 is 4.03. The highest BCUT2D eigenvalue weighted by molar-refractivity contribution is 8.06. The van der Waals surface area contributed by atoms with Gasteiger partial charge in [0.15, 0.2) is 0 Å². The number of thioether (sulfide) groups is 2. The molecule has 1 saturated heterocycles. The van der Waals surface area contributed by atoms with Gasteiger partial charge in [-0.05, 0) is 36.6 Å². The number of hydrogen-bond acceptors (Lipinski definition) is 4. The summed E-state index contributed by atoms with van der Waals surface area (Å²) in [5.41, 5.74) is 10.1. The number of nitrogens with two attached hydrogens (primary N) is 1. The van der Waals surface area contributed by atoms with Crippen molar-refractivity contribution in [1.29, 1.82) is 0 Å². The van der Waals surface area contributed by atoms with E-state index in [1.807, 2.05) is 23.5 Å². The van der Waals surface area contributed by atoms with Crippen LogP contribution in [0.15, 0.2) is 12.1 Å². The second kappa shape index (κ2) is 6.22. The molecule has 0 aromatic heterocycles. The number of benzene rings is 1. The summed E-state index contributed by atoms with van der Waals surface area (Å²) in [7, 11) is 1.72. The molecule has 2 nitrogen and oxygen atoms in total. The molecule has 1 aliphatic heterocycles. The minimum absolute atomic E-state index is 0.132. The Kier molecular flexibility index (Phi) is 4.87. The lowest BCUT2D eigenvalue weighted by Gasteiger charge is -2.28. The van der Waals surface area contributed by atoms with Crippen LogP contribution < -0.4 is 10.5 Å². The lowest BCUT2D eigenvalue weighted by Crippen LogP contribution is -2.29. The summed E-state index contributed by atoms with van der Waals surface area (Å²) in [5.74, 6) is 4.59. The van der Waals surface area contributed by atoms with Gasteiger partial charge in [0.2, 0.25) is 0 Å². The van der Waals surface area contributed by atoms with Crippen molar-refractivity contribution >= 4 is 23.5 Å². The van der Waals surface area contributed by atoms with E-state index in [9.17, 15) is 0 Å². The Morgan fingerprint density at radius 2 is 2.06 bits per heavy atom. The minimum Gasteiger partial charge on any atom is -0.496 e. The van der Waals surface area contributed by atoms with Crippen molar-refractivity contribution in [3.8, 4) is 5.75 Å². The summed E-state index contributed by atoms with van der Waals surface area (Å²) < 4.78 is 5.36. The third kappa shape index (κ3) is 2.98. The molecular weight excluding hydrogens is 262 g/mol. The van der Waals surface area contributed by atoms with Crippen LogP contribution >= 0.6 is 23.5 Å². The van der Waals surface area contributed by atoms with Gasteiger partial charge >= 0.3 is 0 Å². The van der Waals surface area contributed by atoms with Gasteiger partial charge in [0, 0.05) is 28.6 Å². The van der Waals surface area contributed by atoms with Crippen molar-refractivity contribution in [3.63, 3.8) is 0 Å². The van der Waals surface area contributed by atoms with E-state index < -0.39 is 0 Å². The van der Waals surface area contributed by atoms with E-state index in [1.54, 1.807) is 7.11 Å². The SMILES string of the molecule is COc1cc(C)c(C(N)C2CSCCS2)cc1C. The molecule has 2 atom stereocenters. The highest BCUT2D eigenvalue weighted by atomic mass is 32.2. The summed E-state index contributed by atoms with van der Waals surface area (Å²) in [5, 5.41) is 0.537. The molecule has 100 valence electrons. The molecule has 1 fully saturated rings. The monoisotopic (exact) mass is 283 g/mol. The van der Waals surface area contributed by atoms with E-state index in [2.05, 4.69) is 26.0 Å². The maximum Gasteiger partial charge on any atom is 0.122 e. The van der Waals surface area contributed by atoms with Crippen molar-refractivity contribution in [1.82, 2.24) is 0 Å². The number of aryl methyl sites for hydroxylation is 2. The molecule has 1 aromatic carbocycles. The van der Waals surface area contributed by atoms with Crippen molar-refractivity contribution in [2.24, 2.45) is 5.73 Å². The molecule has 0 amide bonds. The summed E-state index contributed by atoms with van der Waals surface area (Å²) in [4.78, 5) is 0. The smallest absolute Gasteiger partial charge is 0.122 e. The molecule has 0 saturated carbocycles. The fraction of sp³-hybridized carbons (Fsp3) is 0.571. The zero-order valence-corrected chi connectivity index (χ0v) is 12.9. The molecule has 2 N–H and O–H groups in total. The van der Waals surface area contributed by atoms with Crippen LogP contribution in [0.3, 0.4) is 0 Å².